The van der Waals surface area contributed by atoms with Crippen molar-refractivity contribution in [2.45, 2.75) is 32.6 Å². The molecule has 0 atom stereocenters. The summed E-state index contributed by atoms with van der Waals surface area (Å²) < 4.78 is 22.5. The molecule has 0 radical (unpaired) electrons. The summed E-state index contributed by atoms with van der Waals surface area (Å²) in [6.45, 7) is 2.01. The maximum atomic E-state index is 11.2. The van der Waals surface area contributed by atoms with Crippen LogP contribution < -0.4 is 0 Å². The smallest absolute Gasteiger partial charge is 0.150 e. The zero-order valence-electron chi connectivity index (χ0n) is 7.55. The molecule has 12 heavy (non-hydrogen) atoms. The molecule has 0 aliphatic heterocycles. The van der Waals surface area contributed by atoms with Crippen LogP contribution in [0.1, 0.15) is 32.6 Å². The minimum absolute atomic E-state index is 0.360. The predicted molar refractivity (Wildman–Crippen MR) is 56.6 cm³/mol. The van der Waals surface area contributed by atoms with Gasteiger partial charge >= 0.3 is 0 Å². The number of unbranched alkanes of at least 4 members (excludes halogenated alkanes) is 2. The summed E-state index contributed by atoms with van der Waals surface area (Å²) in [5, 5.41) is 0.899. The van der Waals surface area contributed by atoms with Gasteiger partial charge in [-0.25, -0.2) is 8.42 Å². The van der Waals surface area contributed by atoms with Crippen LogP contribution in [0.3, 0.4) is 0 Å². The van der Waals surface area contributed by atoms with Gasteiger partial charge in [0.2, 0.25) is 0 Å². The van der Waals surface area contributed by atoms with Gasteiger partial charge in [0.1, 0.15) is 9.84 Å². The van der Waals surface area contributed by atoms with E-state index in [4.69, 9.17) is 0 Å². The Balaban J connectivity index is 3.58. The SMILES string of the molecule is CCCCS(=O)(=O)CCCCBr. The summed E-state index contributed by atoms with van der Waals surface area (Å²) in [4.78, 5) is 0. The standard InChI is InChI=1S/C8H17BrO2S/c1-2-3-7-12(10,11)8-5-4-6-9/h2-8H2,1H3. The Labute approximate surface area is 83.8 Å². The van der Waals surface area contributed by atoms with Crippen LogP contribution in [-0.2, 0) is 9.84 Å². The molecule has 0 saturated heterocycles. The zero-order valence-corrected chi connectivity index (χ0v) is 9.95. The quantitative estimate of drug-likeness (QED) is 0.518. The van der Waals surface area contributed by atoms with Crippen LogP contribution >= 0.6 is 15.9 Å². The molecule has 0 aromatic heterocycles. The first-order valence-electron chi connectivity index (χ1n) is 4.39. The lowest BCUT2D eigenvalue weighted by molar-refractivity contribution is 0.589. The van der Waals surface area contributed by atoms with Crippen LogP contribution in [0.15, 0.2) is 0 Å². The molecule has 0 N–H and O–H groups in total. The van der Waals surface area contributed by atoms with E-state index in [1.165, 1.54) is 0 Å². The van der Waals surface area contributed by atoms with Crippen LogP contribution in [0.5, 0.6) is 0 Å². The minimum atomic E-state index is -2.74. The van der Waals surface area contributed by atoms with E-state index in [2.05, 4.69) is 15.9 Å². The third-order valence-corrected chi connectivity index (χ3v) is 4.03. The second-order valence-corrected chi connectivity index (χ2v) is 6.00. The van der Waals surface area contributed by atoms with E-state index in [9.17, 15) is 8.42 Å². The van der Waals surface area contributed by atoms with E-state index in [1.807, 2.05) is 6.92 Å². The highest BCUT2D eigenvalue weighted by molar-refractivity contribution is 9.09. The van der Waals surface area contributed by atoms with Crippen molar-refractivity contribution in [3.05, 3.63) is 0 Å². The van der Waals surface area contributed by atoms with Crippen molar-refractivity contribution < 1.29 is 8.42 Å². The fourth-order valence-corrected chi connectivity index (χ4v) is 2.86. The monoisotopic (exact) mass is 256 g/mol. The number of rotatable bonds is 7. The Morgan fingerprint density at radius 3 is 2.17 bits per heavy atom. The molecule has 0 saturated carbocycles. The van der Waals surface area contributed by atoms with Gasteiger partial charge < -0.3 is 0 Å². The van der Waals surface area contributed by atoms with Crippen LogP contribution in [0.2, 0.25) is 0 Å². The normalized spacial score (nSPS) is 11.8. The van der Waals surface area contributed by atoms with Gasteiger partial charge in [0, 0.05) is 5.33 Å². The molecule has 0 spiro atoms. The van der Waals surface area contributed by atoms with Crippen molar-refractivity contribution in [2.24, 2.45) is 0 Å². The van der Waals surface area contributed by atoms with Gasteiger partial charge in [0.15, 0.2) is 0 Å². The van der Waals surface area contributed by atoms with Crippen LogP contribution in [-0.4, -0.2) is 25.3 Å². The Kier molecular flexibility index (Phi) is 7.14. The van der Waals surface area contributed by atoms with Gasteiger partial charge in [-0.2, -0.15) is 0 Å². The molecular formula is C8H17BrO2S. The molecule has 0 fully saturated rings. The minimum Gasteiger partial charge on any atom is -0.229 e. The molecule has 0 amide bonds. The van der Waals surface area contributed by atoms with E-state index in [-0.39, 0.29) is 0 Å². The maximum Gasteiger partial charge on any atom is 0.150 e. The van der Waals surface area contributed by atoms with Crippen molar-refractivity contribution in [2.75, 3.05) is 16.8 Å². The van der Waals surface area contributed by atoms with Gasteiger partial charge in [-0.1, -0.05) is 29.3 Å². The second-order valence-electron chi connectivity index (χ2n) is 2.90. The van der Waals surface area contributed by atoms with Crippen molar-refractivity contribution in [1.29, 1.82) is 0 Å². The zero-order chi connectivity index (χ0) is 9.45. The number of sulfone groups is 1. The molecule has 0 unspecified atom stereocenters. The van der Waals surface area contributed by atoms with Gasteiger partial charge in [0.05, 0.1) is 11.5 Å². The molecule has 0 aromatic carbocycles. The molecule has 2 nitrogen and oxygen atoms in total. The summed E-state index contributed by atoms with van der Waals surface area (Å²) in [6.07, 6.45) is 3.50. The summed E-state index contributed by atoms with van der Waals surface area (Å²) in [6, 6.07) is 0. The second kappa shape index (κ2) is 6.89. The lowest BCUT2D eigenvalue weighted by Gasteiger charge is -2.01. The van der Waals surface area contributed by atoms with Gasteiger partial charge in [0.25, 0.3) is 0 Å². The average Bonchev–Trinajstić information content (AvgIpc) is 2.01. The Bertz CT molecular complexity index is 187. The number of hydrogen-bond acceptors (Lipinski definition) is 2. The predicted octanol–water partition coefficient (Wildman–Crippen LogP) is 2.38. The third kappa shape index (κ3) is 7.10. The third-order valence-electron chi connectivity index (χ3n) is 1.65. The summed E-state index contributed by atoms with van der Waals surface area (Å²) in [5.41, 5.74) is 0. The summed E-state index contributed by atoms with van der Waals surface area (Å²) >= 11 is 3.27. The summed E-state index contributed by atoms with van der Waals surface area (Å²) in [7, 11) is -2.74. The van der Waals surface area contributed by atoms with Gasteiger partial charge in [-0.15, -0.1) is 0 Å². The van der Waals surface area contributed by atoms with E-state index in [0.717, 1.165) is 31.0 Å². The highest BCUT2D eigenvalue weighted by atomic mass is 79.9. The summed E-state index contributed by atoms with van der Waals surface area (Å²) in [5.74, 6) is 0.727. The first-order chi connectivity index (χ1) is 5.62. The van der Waals surface area contributed by atoms with Crippen molar-refractivity contribution in [3.8, 4) is 0 Å². The number of halogens is 1. The Morgan fingerprint density at radius 2 is 1.67 bits per heavy atom. The van der Waals surface area contributed by atoms with E-state index in [0.29, 0.717) is 11.5 Å². The molecule has 0 heterocycles. The van der Waals surface area contributed by atoms with E-state index < -0.39 is 9.84 Å². The molecule has 0 rings (SSSR count). The molecule has 0 bridgehead atoms. The first-order valence-corrected chi connectivity index (χ1v) is 7.33. The fourth-order valence-electron chi connectivity index (χ4n) is 0.883. The molecule has 0 aromatic rings. The average molecular weight is 257 g/mol. The highest BCUT2D eigenvalue weighted by Crippen LogP contribution is 2.02. The first kappa shape index (κ1) is 12.4. The van der Waals surface area contributed by atoms with Crippen molar-refractivity contribution in [1.82, 2.24) is 0 Å². The van der Waals surface area contributed by atoms with Gasteiger partial charge in [-0.05, 0) is 19.3 Å². The Hall–Kier alpha value is 0.430. The van der Waals surface area contributed by atoms with Crippen molar-refractivity contribution >= 4 is 25.8 Å². The van der Waals surface area contributed by atoms with Crippen LogP contribution in [0, 0.1) is 0 Å². The number of alkyl halides is 1. The molecule has 0 aliphatic carbocycles. The molecule has 74 valence electrons. The van der Waals surface area contributed by atoms with E-state index in [1.54, 1.807) is 0 Å². The molecular weight excluding hydrogens is 240 g/mol. The molecule has 4 heteroatoms. The van der Waals surface area contributed by atoms with Crippen LogP contribution in [0.4, 0.5) is 0 Å². The topological polar surface area (TPSA) is 34.1 Å². The van der Waals surface area contributed by atoms with Crippen LogP contribution in [0.25, 0.3) is 0 Å². The lowest BCUT2D eigenvalue weighted by Crippen LogP contribution is -2.10. The highest BCUT2D eigenvalue weighted by Gasteiger charge is 2.08. The van der Waals surface area contributed by atoms with E-state index >= 15 is 0 Å². The maximum absolute atomic E-state index is 11.2. The lowest BCUT2D eigenvalue weighted by atomic mass is 10.4. The van der Waals surface area contributed by atoms with Gasteiger partial charge in [-0.3, -0.25) is 0 Å². The molecule has 0 aliphatic rings. The Morgan fingerprint density at radius 1 is 1.08 bits per heavy atom. The van der Waals surface area contributed by atoms with Crippen molar-refractivity contribution in [3.63, 3.8) is 0 Å². The largest absolute Gasteiger partial charge is 0.229 e. The number of hydrogen-bond donors (Lipinski definition) is 0. The fraction of sp³-hybridized carbons (Fsp3) is 1.00.